The van der Waals surface area contributed by atoms with E-state index in [9.17, 15) is 8.42 Å². The standard InChI is InChI=1S/C18H15S.C6H6O3S/c1-4-10-16(11-5-1)19(17-12-6-2-7-13-17)18-14-8-3-9-15-18;7-10(8,9)6-4-2-1-3-5-6/h1-15H;1-5H,(H,7,8,9)/q+1;. The molecule has 0 aliphatic heterocycles. The molecule has 0 saturated carbocycles. The van der Waals surface area contributed by atoms with Crippen molar-refractivity contribution in [3.63, 3.8) is 0 Å². The topological polar surface area (TPSA) is 54.4 Å². The predicted octanol–water partition coefficient (Wildman–Crippen LogP) is 5.72. The van der Waals surface area contributed by atoms with Crippen LogP contribution in [0.5, 0.6) is 0 Å². The Hall–Kier alpha value is -2.86. The van der Waals surface area contributed by atoms with Crippen LogP contribution < -0.4 is 0 Å². The van der Waals surface area contributed by atoms with Gasteiger partial charge in [0.05, 0.1) is 15.8 Å². The Morgan fingerprint density at radius 1 is 0.483 bits per heavy atom. The molecule has 0 saturated heterocycles. The third-order valence-electron chi connectivity index (χ3n) is 3.98. The van der Waals surface area contributed by atoms with Crippen LogP contribution >= 0.6 is 0 Å². The summed E-state index contributed by atoms with van der Waals surface area (Å²) in [5, 5.41) is 0. The van der Waals surface area contributed by atoms with Gasteiger partial charge in [-0.15, -0.1) is 0 Å². The third kappa shape index (κ3) is 6.06. The van der Waals surface area contributed by atoms with Crippen molar-refractivity contribution in [2.75, 3.05) is 0 Å². The Morgan fingerprint density at radius 2 is 0.759 bits per heavy atom. The van der Waals surface area contributed by atoms with Crippen LogP contribution in [-0.4, -0.2) is 13.0 Å². The predicted molar refractivity (Wildman–Crippen MR) is 118 cm³/mol. The van der Waals surface area contributed by atoms with Crippen molar-refractivity contribution < 1.29 is 13.0 Å². The van der Waals surface area contributed by atoms with Crippen LogP contribution in [0.2, 0.25) is 0 Å². The summed E-state index contributed by atoms with van der Waals surface area (Å²) in [6.45, 7) is 0. The van der Waals surface area contributed by atoms with E-state index < -0.39 is 10.1 Å². The van der Waals surface area contributed by atoms with Crippen LogP contribution in [0.1, 0.15) is 0 Å². The van der Waals surface area contributed by atoms with Gasteiger partial charge in [-0.1, -0.05) is 72.8 Å². The maximum Gasteiger partial charge on any atom is 0.294 e. The van der Waals surface area contributed by atoms with Crippen molar-refractivity contribution in [3.05, 3.63) is 121 Å². The summed E-state index contributed by atoms with van der Waals surface area (Å²) in [4.78, 5) is 4.01. The lowest BCUT2D eigenvalue weighted by molar-refractivity contribution is 0.483. The zero-order chi connectivity index (χ0) is 20.5. The van der Waals surface area contributed by atoms with E-state index in [1.54, 1.807) is 18.2 Å². The molecule has 29 heavy (non-hydrogen) atoms. The maximum absolute atomic E-state index is 10.4. The molecule has 0 unspecified atom stereocenters. The van der Waals surface area contributed by atoms with Crippen LogP contribution in [0.4, 0.5) is 0 Å². The van der Waals surface area contributed by atoms with Gasteiger partial charge in [-0.2, -0.15) is 8.42 Å². The highest BCUT2D eigenvalue weighted by atomic mass is 32.2. The number of benzene rings is 4. The van der Waals surface area contributed by atoms with Gasteiger partial charge in [0.15, 0.2) is 14.7 Å². The molecule has 0 aliphatic carbocycles. The Balaban J connectivity index is 0.000000204. The first kappa shape index (κ1) is 20.9. The first-order chi connectivity index (χ1) is 14.1. The van der Waals surface area contributed by atoms with E-state index in [2.05, 4.69) is 91.0 Å². The van der Waals surface area contributed by atoms with Gasteiger partial charge in [-0.3, -0.25) is 4.55 Å². The average Bonchev–Trinajstić information content (AvgIpc) is 2.77. The average molecular weight is 422 g/mol. The van der Waals surface area contributed by atoms with Gasteiger partial charge in [-0.05, 0) is 48.5 Å². The summed E-state index contributed by atoms with van der Waals surface area (Å²) >= 11 is 0. The van der Waals surface area contributed by atoms with E-state index in [0.29, 0.717) is 0 Å². The minimum atomic E-state index is -4.00. The largest absolute Gasteiger partial charge is 0.294 e. The van der Waals surface area contributed by atoms with Gasteiger partial charge >= 0.3 is 0 Å². The van der Waals surface area contributed by atoms with Crippen molar-refractivity contribution in [3.8, 4) is 0 Å². The molecule has 1 N–H and O–H groups in total. The lowest BCUT2D eigenvalue weighted by Crippen LogP contribution is -2.04. The van der Waals surface area contributed by atoms with E-state index >= 15 is 0 Å². The van der Waals surface area contributed by atoms with Crippen molar-refractivity contribution in [1.82, 2.24) is 0 Å². The second-order valence-electron chi connectivity index (χ2n) is 6.03. The molecular formula is C24H21O3S2+. The third-order valence-corrected chi connectivity index (χ3v) is 7.08. The molecule has 0 radical (unpaired) electrons. The highest BCUT2D eigenvalue weighted by molar-refractivity contribution is 7.97. The number of hydrogen-bond acceptors (Lipinski definition) is 2. The number of hydrogen-bond donors (Lipinski definition) is 1. The van der Waals surface area contributed by atoms with Gasteiger partial charge < -0.3 is 0 Å². The molecular weight excluding hydrogens is 400 g/mol. The number of rotatable bonds is 4. The summed E-state index contributed by atoms with van der Waals surface area (Å²) in [5.41, 5.74) is 0. The normalized spacial score (nSPS) is 10.8. The van der Waals surface area contributed by atoms with Gasteiger partial charge in [-0.25, -0.2) is 0 Å². The fraction of sp³-hybridized carbons (Fsp3) is 0. The molecule has 0 aromatic heterocycles. The van der Waals surface area contributed by atoms with Crippen LogP contribution in [0, 0.1) is 0 Å². The SMILES string of the molecule is O=S(=O)(O)c1ccccc1.c1ccc([S+](c2ccccc2)c2ccccc2)cc1. The Morgan fingerprint density at radius 3 is 1.00 bits per heavy atom. The first-order valence-electron chi connectivity index (χ1n) is 8.98. The van der Waals surface area contributed by atoms with Crippen LogP contribution in [0.15, 0.2) is 141 Å². The van der Waals surface area contributed by atoms with Crippen LogP contribution in [0.25, 0.3) is 0 Å². The lowest BCUT2D eigenvalue weighted by Gasteiger charge is -2.07. The van der Waals surface area contributed by atoms with Crippen molar-refractivity contribution in [2.45, 2.75) is 19.6 Å². The fourth-order valence-corrected chi connectivity index (χ4v) is 5.28. The van der Waals surface area contributed by atoms with E-state index in [0.717, 1.165) is 0 Å². The highest BCUT2D eigenvalue weighted by Crippen LogP contribution is 2.30. The molecule has 0 heterocycles. The minimum Gasteiger partial charge on any atom is -0.282 e. The molecule has 5 heteroatoms. The van der Waals surface area contributed by atoms with Crippen LogP contribution in [0.3, 0.4) is 0 Å². The summed E-state index contributed by atoms with van der Waals surface area (Å²) in [6.07, 6.45) is 0. The molecule has 4 aromatic rings. The zero-order valence-corrected chi connectivity index (χ0v) is 17.3. The second-order valence-corrected chi connectivity index (χ2v) is 9.48. The van der Waals surface area contributed by atoms with Gasteiger partial charge in [0.25, 0.3) is 10.1 Å². The lowest BCUT2D eigenvalue weighted by atomic mass is 10.4. The summed E-state index contributed by atoms with van der Waals surface area (Å²) in [7, 11) is -4.02. The second kappa shape index (κ2) is 10.1. The molecule has 0 aliphatic rings. The quantitative estimate of drug-likeness (QED) is 0.339. The first-order valence-corrected chi connectivity index (χ1v) is 11.6. The van der Waals surface area contributed by atoms with E-state index in [4.69, 9.17) is 4.55 Å². The summed E-state index contributed by atoms with van der Waals surface area (Å²) in [6, 6.07) is 39.6. The van der Waals surface area contributed by atoms with E-state index in [1.807, 2.05) is 0 Å². The molecule has 146 valence electrons. The Bertz CT molecular complexity index is 1010. The molecule has 0 atom stereocenters. The van der Waals surface area contributed by atoms with Crippen molar-refractivity contribution in [2.24, 2.45) is 0 Å². The zero-order valence-electron chi connectivity index (χ0n) is 15.6. The Labute approximate surface area is 174 Å². The monoisotopic (exact) mass is 421 g/mol. The summed E-state index contributed by atoms with van der Waals surface area (Å²) in [5.74, 6) is 0. The molecule has 4 aromatic carbocycles. The van der Waals surface area contributed by atoms with Crippen molar-refractivity contribution in [1.29, 1.82) is 0 Å². The summed E-state index contributed by atoms with van der Waals surface area (Å²) < 4.78 is 29.2. The van der Waals surface area contributed by atoms with E-state index in [-0.39, 0.29) is 15.8 Å². The molecule has 3 nitrogen and oxygen atoms in total. The fourth-order valence-electron chi connectivity index (χ4n) is 2.67. The van der Waals surface area contributed by atoms with Gasteiger partial charge in [0, 0.05) is 0 Å². The highest BCUT2D eigenvalue weighted by Gasteiger charge is 2.27. The van der Waals surface area contributed by atoms with Crippen molar-refractivity contribution >= 4 is 21.0 Å². The minimum absolute atomic E-state index is 0.0146. The van der Waals surface area contributed by atoms with Gasteiger partial charge in [0.1, 0.15) is 0 Å². The van der Waals surface area contributed by atoms with E-state index in [1.165, 1.54) is 26.8 Å². The molecule has 0 bridgehead atoms. The van der Waals surface area contributed by atoms with Gasteiger partial charge in [0.2, 0.25) is 0 Å². The smallest absolute Gasteiger partial charge is 0.282 e. The molecule has 0 amide bonds. The Kier molecular flexibility index (Phi) is 7.25. The van der Waals surface area contributed by atoms with Crippen LogP contribution in [-0.2, 0) is 21.0 Å². The molecule has 4 rings (SSSR count). The molecule has 0 spiro atoms. The maximum atomic E-state index is 10.4. The molecule has 0 fully saturated rings.